The topological polar surface area (TPSA) is 56.7 Å². The minimum atomic E-state index is -0.958. The summed E-state index contributed by atoms with van der Waals surface area (Å²) in [7, 11) is 4.11. The van der Waals surface area contributed by atoms with E-state index in [4.69, 9.17) is 5.11 Å². The van der Waals surface area contributed by atoms with Gasteiger partial charge < -0.3 is 10.0 Å². The molecule has 0 aromatic carbocycles. The van der Waals surface area contributed by atoms with Crippen molar-refractivity contribution in [2.75, 3.05) is 33.7 Å². The van der Waals surface area contributed by atoms with Crippen LogP contribution in [0.2, 0.25) is 0 Å². The zero-order chi connectivity index (χ0) is 14.3. The molecule has 0 unspecified atom stereocenters. The van der Waals surface area contributed by atoms with E-state index in [1.807, 2.05) is 6.07 Å². The lowest BCUT2D eigenvalue weighted by Gasteiger charge is -2.22. The summed E-state index contributed by atoms with van der Waals surface area (Å²) >= 11 is 0. The molecule has 1 aromatic rings. The average molecular weight is 265 g/mol. The molecule has 0 aliphatic heterocycles. The van der Waals surface area contributed by atoms with Crippen molar-refractivity contribution in [3.8, 4) is 0 Å². The van der Waals surface area contributed by atoms with Crippen molar-refractivity contribution in [3.05, 3.63) is 29.6 Å². The van der Waals surface area contributed by atoms with E-state index in [1.54, 1.807) is 6.07 Å². The largest absolute Gasteiger partial charge is 0.477 e. The van der Waals surface area contributed by atoms with Gasteiger partial charge in [0.15, 0.2) is 5.69 Å². The molecule has 19 heavy (non-hydrogen) atoms. The SMILES string of the molecule is CCN(CCCN(C)C)Cc1cccnc1C(=O)O. The highest BCUT2D eigenvalue weighted by molar-refractivity contribution is 5.86. The van der Waals surface area contributed by atoms with Crippen LogP contribution in [0.3, 0.4) is 0 Å². The number of rotatable bonds is 8. The minimum Gasteiger partial charge on any atom is -0.477 e. The fraction of sp³-hybridized carbons (Fsp3) is 0.571. The van der Waals surface area contributed by atoms with Gasteiger partial charge in [-0.1, -0.05) is 13.0 Å². The second kappa shape index (κ2) is 7.86. The summed E-state index contributed by atoms with van der Waals surface area (Å²) in [5.74, 6) is -0.958. The number of hydrogen-bond donors (Lipinski definition) is 1. The molecule has 1 rings (SSSR count). The Balaban J connectivity index is 2.62. The summed E-state index contributed by atoms with van der Waals surface area (Å²) in [6, 6.07) is 3.63. The molecule has 5 nitrogen and oxygen atoms in total. The van der Waals surface area contributed by atoms with Crippen molar-refractivity contribution >= 4 is 5.97 Å². The van der Waals surface area contributed by atoms with Crippen LogP contribution in [0, 0.1) is 0 Å². The maximum absolute atomic E-state index is 11.1. The number of carbonyl (C=O) groups is 1. The van der Waals surface area contributed by atoms with Crippen LogP contribution in [0.15, 0.2) is 18.3 Å². The maximum Gasteiger partial charge on any atom is 0.354 e. The molecule has 1 N–H and O–H groups in total. The van der Waals surface area contributed by atoms with E-state index >= 15 is 0 Å². The van der Waals surface area contributed by atoms with Gasteiger partial charge in [0, 0.05) is 12.7 Å². The fourth-order valence-electron chi connectivity index (χ4n) is 1.96. The van der Waals surface area contributed by atoms with Gasteiger partial charge in [-0.15, -0.1) is 0 Å². The Hall–Kier alpha value is -1.46. The molecule has 1 aromatic heterocycles. The van der Waals surface area contributed by atoms with Crippen molar-refractivity contribution < 1.29 is 9.90 Å². The van der Waals surface area contributed by atoms with Gasteiger partial charge in [-0.3, -0.25) is 4.90 Å². The molecule has 0 amide bonds. The van der Waals surface area contributed by atoms with Crippen molar-refractivity contribution in [3.63, 3.8) is 0 Å². The highest BCUT2D eigenvalue weighted by Gasteiger charge is 2.13. The van der Waals surface area contributed by atoms with Crippen molar-refractivity contribution in [2.24, 2.45) is 0 Å². The predicted octanol–water partition coefficient (Wildman–Crippen LogP) is 1.55. The summed E-state index contributed by atoms with van der Waals surface area (Å²) in [6.45, 7) is 5.63. The van der Waals surface area contributed by atoms with Gasteiger partial charge in [0.25, 0.3) is 0 Å². The normalized spacial score (nSPS) is 11.2. The molecule has 0 spiro atoms. The number of hydrogen-bond acceptors (Lipinski definition) is 4. The third-order valence-electron chi connectivity index (χ3n) is 3.01. The van der Waals surface area contributed by atoms with Gasteiger partial charge in [0.05, 0.1) is 0 Å². The number of carboxylic acids is 1. The number of pyridine rings is 1. The fourth-order valence-corrected chi connectivity index (χ4v) is 1.96. The van der Waals surface area contributed by atoms with Crippen LogP contribution in [0.4, 0.5) is 0 Å². The van der Waals surface area contributed by atoms with Crippen LogP contribution in [-0.4, -0.2) is 59.6 Å². The zero-order valence-electron chi connectivity index (χ0n) is 12.0. The van der Waals surface area contributed by atoms with Crippen LogP contribution >= 0.6 is 0 Å². The summed E-state index contributed by atoms with van der Waals surface area (Å²) < 4.78 is 0. The van der Waals surface area contributed by atoms with Gasteiger partial charge in [-0.05, 0) is 51.8 Å². The molecule has 0 aliphatic rings. The standard InChI is InChI=1S/C14H23N3O2/c1-4-17(10-6-9-16(2)3)11-12-7-5-8-15-13(12)14(18)19/h5,7-8H,4,6,9-11H2,1-3H3,(H,18,19). The van der Waals surface area contributed by atoms with Crippen LogP contribution in [0.25, 0.3) is 0 Å². The Labute approximate surface area is 114 Å². The van der Waals surface area contributed by atoms with Gasteiger partial charge >= 0.3 is 5.97 Å². The lowest BCUT2D eigenvalue weighted by Crippen LogP contribution is -2.27. The van der Waals surface area contributed by atoms with Crippen LogP contribution in [0.1, 0.15) is 29.4 Å². The highest BCUT2D eigenvalue weighted by atomic mass is 16.4. The third kappa shape index (κ3) is 5.36. The van der Waals surface area contributed by atoms with E-state index in [0.717, 1.165) is 31.6 Å². The predicted molar refractivity (Wildman–Crippen MR) is 75.3 cm³/mol. The maximum atomic E-state index is 11.1. The van der Waals surface area contributed by atoms with Crippen molar-refractivity contribution in [2.45, 2.75) is 19.9 Å². The first-order valence-electron chi connectivity index (χ1n) is 6.58. The smallest absolute Gasteiger partial charge is 0.354 e. The molecular weight excluding hydrogens is 242 g/mol. The molecule has 0 radical (unpaired) electrons. The Morgan fingerprint density at radius 1 is 1.37 bits per heavy atom. The van der Waals surface area contributed by atoms with E-state index in [-0.39, 0.29) is 5.69 Å². The molecule has 0 bridgehead atoms. The van der Waals surface area contributed by atoms with E-state index in [2.05, 4.69) is 35.8 Å². The van der Waals surface area contributed by atoms with E-state index < -0.39 is 5.97 Å². The molecule has 106 valence electrons. The first-order chi connectivity index (χ1) is 9.04. The number of carboxylic acid groups (broad SMARTS) is 1. The summed E-state index contributed by atoms with van der Waals surface area (Å²) in [6.07, 6.45) is 2.60. The number of nitrogens with zero attached hydrogens (tertiary/aromatic N) is 3. The molecule has 0 atom stereocenters. The Kier molecular flexibility index (Phi) is 6.45. The molecule has 0 fully saturated rings. The summed E-state index contributed by atoms with van der Waals surface area (Å²) in [5, 5.41) is 9.11. The summed E-state index contributed by atoms with van der Waals surface area (Å²) in [5.41, 5.74) is 0.940. The molecule has 0 saturated heterocycles. The van der Waals surface area contributed by atoms with Crippen molar-refractivity contribution in [1.82, 2.24) is 14.8 Å². The number of aromatic carboxylic acids is 1. The van der Waals surface area contributed by atoms with Crippen molar-refractivity contribution in [1.29, 1.82) is 0 Å². The lowest BCUT2D eigenvalue weighted by atomic mass is 10.1. The van der Waals surface area contributed by atoms with Gasteiger partial charge in [-0.2, -0.15) is 0 Å². The molecular formula is C14H23N3O2. The summed E-state index contributed by atoms with van der Waals surface area (Å²) in [4.78, 5) is 19.4. The van der Waals surface area contributed by atoms with Gasteiger partial charge in [0.1, 0.15) is 0 Å². The first-order valence-corrected chi connectivity index (χ1v) is 6.58. The van der Waals surface area contributed by atoms with E-state index in [9.17, 15) is 4.79 Å². The second-order valence-corrected chi connectivity index (χ2v) is 4.84. The Bertz CT molecular complexity index is 407. The molecule has 0 saturated carbocycles. The highest BCUT2D eigenvalue weighted by Crippen LogP contribution is 2.09. The Morgan fingerprint density at radius 2 is 2.11 bits per heavy atom. The zero-order valence-corrected chi connectivity index (χ0v) is 12.0. The van der Waals surface area contributed by atoms with Crippen LogP contribution in [0.5, 0.6) is 0 Å². The first kappa shape index (κ1) is 15.6. The van der Waals surface area contributed by atoms with Gasteiger partial charge in [-0.25, -0.2) is 9.78 Å². The monoisotopic (exact) mass is 265 g/mol. The number of aromatic nitrogens is 1. The molecule has 0 aliphatic carbocycles. The quantitative estimate of drug-likeness (QED) is 0.773. The second-order valence-electron chi connectivity index (χ2n) is 4.84. The molecule has 5 heteroatoms. The lowest BCUT2D eigenvalue weighted by molar-refractivity contribution is 0.0687. The van der Waals surface area contributed by atoms with E-state index in [1.165, 1.54) is 6.20 Å². The average Bonchev–Trinajstić information content (AvgIpc) is 2.37. The molecule has 1 heterocycles. The van der Waals surface area contributed by atoms with Gasteiger partial charge in [0.2, 0.25) is 0 Å². The minimum absolute atomic E-state index is 0.161. The van der Waals surface area contributed by atoms with Crippen LogP contribution < -0.4 is 0 Å². The third-order valence-corrected chi connectivity index (χ3v) is 3.01. The Morgan fingerprint density at radius 3 is 2.68 bits per heavy atom. The van der Waals surface area contributed by atoms with Crippen LogP contribution in [-0.2, 0) is 6.54 Å². The van der Waals surface area contributed by atoms with E-state index in [0.29, 0.717) is 6.54 Å².